The van der Waals surface area contributed by atoms with Crippen LogP contribution in [0, 0.1) is 6.92 Å². The second-order valence-corrected chi connectivity index (χ2v) is 9.87. The number of rotatable bonds is 7. The van der Waals surface area contributed by atoms with Crippen LogP contribution in [0.1, 0.15) is 5.01 Å². The first-order chi connectivity index (χ1) is 14.3. The lowest BCUT2D eigenvalue weighted by Crippen LogP contribution is -2.71. The van der Waals surface area contributed by atoms with E-state index in [1.807, 2.05) is 6.92 Å². The van der Waals surface area contributed by atoms with Crippen molar-refractivity contribution < 1.29 is 28.7 Å². The third-order valence-corrected chi connectivity index (χ3v) is 7.68. The summed E-state index contributed by atoms with van der Waals surface area (Å²) >= 11 is 4.18. The van der Waals surface area contributed by atoms with E-state index in [0.717, 1.165) is 20.2 Å². The Morgan fingerprint density at radius 1 is 1.47 bits per heavy atom. The van der Waals surface area contributed by atoms with Gasteiger partial charge < -0.3 is 10.4 Å². The Hall–Kier alpha value is -2.65. The molecule has 1 fully saturated rings. The van der Waals surface area contributed by atoms with Gasteiger partial charge >= 0.3 is 11.6 Å². The molecule has 4 rings (SSSR count). The molecule has 0 bridgehead atoms. The highest BCUT2D eigenvalue weighted by Gasteiger charge is 2.54. The fourth-order valence-corrected chi connectivity index (χ4v) is 6.32. The van der Waals surface area contributed by atoms with Gasteiger partial charge in [-0.05, 0) is 17.8 Å². The van der Waals surface area contributed by atoms with Crippen LogP contribution in [-0.2, 0) is 20.9 Å². The summed E-state index contributed by atoms with van der Waals surface area (Å²) in [7, 11) is 0. The minimum absolute atomic E-state index is 0.0449. The lowest BCUT2D eigenvalue weighted by Gasteiger charge is -2.49. The molecule has 12 nitrogen and oxygen atoms in total. The molecule has 2 amide bonds. The Balaban J connectivity index is 1.43. The third kappa shape index (κ3) is 3.99. The smallest absolute Gasteiger partial charge is 0.426 e. The molecule has 0 saturated carbocycles. The predicted molar refractivity (Wildman–Crippen MR) is 105 cm³/mol. The van der Waals surface area contributed by atoms with Crippen LogP contribution in [0.2, 0.25) is 0 Å². The van der Waals surface area contributed by atoms with E-state index in [9.17, 15) is 24.3 Å². The Bertz CT molecular complexity index is 1110. The maximum absolute atomic E-state index is 12.6. The molecule has 0 radical (unpaired) electrons. The lowest BCUT2D eigenvalue weighted by molar-refractivity contribution is -0.751. The molecule has 2 aromatic heterocycles. The van der Waals surface area contributed by atoms with E-state index in [0.29, 0.717) is 17.1 Å². The zero-order valence-corrected chi connectivity index (χ0v) is 17.8. The molecule has 4 heterocycles. The van der Waals surface area contributed by atoms with Crippen LogP contribution >= 0.6 is 34.9 Å². The van der Waals surface area contributed by atoms with Gasteiger partial charge in [-0.25, -0.2) is 9.59 Å². The van der Waals surface area contributed by atoms with Crippen molar-refractivity contribution in [3.63, 3.8) is 0 Å². The van der Waals surface area contributed by atoms with E-state index in [1.54, 1.807) is 0 Å². The number of aromatic nitrogens is 4. The minimum Gasteiger partial charge on any atom is -0.477 e. The van der Waals surface area contributed by atoms with E-state index < -0.39 is 34.8 Å². The standard InChI is InChI=1S/C15H14N6O6S3/c1-6-17-18-15(30-6)29-5-7-4-28-13-10(12(24)21(13)11(7)14(25)26)16-8(22)2-20-3-9(23)27-19-20/h3,10,13H,2,4-5H2,1H3,(H2-,16,19,22,23,25,26)/p+1/t10?,13-/m1/s1. The van der Waals surface area contributed by atoms with Crippen LogP contribution in [-0.4, -0.2) is 66.2 Å². The summed E-state index contributed by atoms with van der Waals surface area (Å²) in [4.78, 5) is 48.9. The number of thioether (sulfide) groups is 2. The number of carbonyl (C=O) groups is 3. The summed E-state index contributed by atoms with van der Waals surface area (Å²) in [5.74, 6) is -1.39. The molecule has 30 heavy (non-hydrogen) atoms. The fraction of sp³-hybridized carbons (Fsp3) is 0.400. The van der Waals surface area contributed by atoms with Gasteiger partial charge in [0, 0.05) is 11.5 Å². The number of aliphatic carboxylic acids is 1. The van der Waals surface area contributed by atoms with Crippen LogP contribution < -0.4 is 15.6 Å². The SMILES string of the molecule is Cc1nnc(SCC2=C(C(=O)O)N3C(=O)C(NC(=O)C[n+]4cc(=O)o[nH]4)[C@H]3SC2)s1. The number of carboxylic acids is 1. The van der Waals surface area contributed by atoms with Crippen molar-refractivity contribution in [3.05, 3.63) is 32.9 Å². The highest BCUT2D eigenvalue weighted by Crippen LogP contribution is 2.41. The zero-order chi connectivity index (χ0) is 21.4. The molecule has 3 N–H and O–H groups in total. The number of aryl methyl sites for hydroxylation is 1. The number of hydrogen-bond donors (Lipinski definition) is 3. The number of β-lactam (4-membered cyclic amide) rings is 1. The largest absolute Gasteiger partial charge is 0.477 e. The maximum atomic E-state index is 12.6. The van der Waals surface area contributed by atoms with Crippen LogP contribution in [0.25, 0.3) is 0 Å². The van der Waals surface area contributed by atoms with Gasteiger partial charge in [0.05, 0.1) is 0 Å². The molecular weight excluding hydrogens is 456 g/mol. The number of nitrogens with zero attached hydrogens (tertiary/aromatic N) is 4. The maximum Gasteiger partial charge on any atom is 0.426 e. The van der Waals surface area contributed by atoms with E-state index >= 15 is 0 Å². The lowest BCUT2D eigenvalue weighted by atomic mass is 10.0. The molecular formula is C15H15N6O6S3+. The second kappa shape index (κ2) is 8.23. The first-order valence-corrected chi connectivity index (χ1v) is 11.4. The molecule has 1 unspecified atom stereocenters. The van der Waals surface area contributed by atoms with Crippen LogP contribution in [0.5, 0.6) is 0 Å². The number of nitrogens with one attached hydrogen (secondary N) is 2. The van der Waals surface area contributed by atoms with Crippen molar-refractivity contribution in [1.29, 1.82) is 0 Å². The van der Waals surface area contributed by atoms with Gasteiger partial charge in [0.15, 0.2) is 4.34 Å². The second-order valence-electron chi connectivity index (χ2n) is 6.36. The molecule has 2 aromatic rings. The van der Waals surface area contributed by atoms with Crippen LogP contribution in [0.3, 0.4) is 0 Å². The van der Waals surface area contributed by atoms with E-state index in [2.05, 4.69) is 25.3 Å². The van der Waals surface area contributed by atoms with Gasteiger partial charge in [-0.3, -0.25) is 19.0 Å². The van der Waals surface area contributed by atoms with Crippen molar-refractivity contribution in [2.75, 3.05) is 11.5 Å². The average molecular weight is 472 g/mol. The van der Waals surface area contributed by atoms with Gasteiger partial charge in [0.25, 0.3) is 24.6 Å². The van der Waals surface area contributed by atoms with E-state index in [4.69, 9.17) is 0 Å². The molecule has 2 aliphatic heterocycles. The summed E-state index contributed by atoms with van der Waals surface area (Å²) in [5.41, 5.74) is -0.0651. The summed E-state index contributed by atoms with van der Waals surface area (Å²) in [6, 6.07) is -0.837. The van der Waals surface area contributed by atoms with Crippen LogP contribution in [0.15, 0.2) is 31.1 Å². The summed E-state index contributed by atoms with van der Waals surface area (Å²) in [6.45, 7) is 1.60. The number of carbonyl (C=O) groups excluding carboxylic acids is 2. The molecule has 2 atom stereocenters. The van der Waals surface area contributed by atoms with Gasteiger partial charge in [0.1, 0.15) is 22.1 Å². The molecule has 0 aromatic carbocycles. The number of aromatic amines is 1. The summed E-state index contributed by atoms with van der Waals surface area (Å²) in [6.07, 6.45) is 1.07. The van der Waals surface area contributed by atoms with Crippen molar-refractivity contribution in [1.82, 2.24) is 25.7 Å². The van der Waals surface area contributed by atoms with E-state index in [1.165, 1.54) is 39.8 Å². The topological polar surface area (TPSA) is 162 Å². The predicted octanol–water partition coefficient (Wildman–Crippen LogP) is -1.05. The number of carboxylic acid groups (broad SMARTS) is 1. The highest BCUT2D eigenvalue weighted by atomic mass is 32.2. The number of amides is 2. The Labute approximate surface area is 180 Å². The average Bonchev–Trinajstić information content (AvgIpc) is 3.31. The Morgan fingerprint density at radius 2 is 2.27 bits per heavy atom. The summed E-state index contributed by atoms with van der Waals surface area (Å²) in [5, 5.41) is 22.8. The molecule has 158 valence electrons. The van der Waals surface area contributed by atoms with Gasteiger partial charge in [-0.15, -0.1) is 22.0 Å². The monoisotopic (exact) mass is 471 g/mol. The number of fused-ring (bicyclic) bond motifs is 1. The molecule has 1 saturated heterocycles. The molecule has 0 aliphatic carbocycles. The van der Waals surface area contributed by atoms with Gasteiger partial charge in [-0.2, -0.15) is 0 Å². The normalized spacial score (nSPS) is 20.7. The minimum atomic E-state index is -1.19. The number of H-pyrrole nitrogens is 1. The van der Waals surface area contributed by atoms with Gasteiger partial charge in [-0.1, -0.05) is 27.8 Å². The first-order valence-electron chi connectivity index (χ1n) is 8.53. The quantitative estimate of drug-likeness (QED) is 0.258. The first kappa shape index (κ1) is 20.6. The summed E-state index contributed by atoms with van der Waals surface area (Å²) < 4.78 is 6.34. The molecule has 2 aliphatic rings. The molecule has 0 spiro atoms. The van der Waals surface area contributed by atoms with Crippen molar-refractivity contribution in [2.24, 2.45) is 0 Å². The molecule has 15 heteroatoms. The third-order valence-electron chi connectivity index (χ3n) is 4.28. The van der Waals surface area contributed by atoms with Crippen molar-refractivity contribution in [2.45, 2.75) is 29.2 Å². The zero-order valence-electron chi connectivity index (χ0n) is 15.4. The Morgan fingerprint density at radius 3 is 2.90 bits per heavy atom. The van der Waals surface area contributed by atoms with Crippen LogP contribution in [0.4, 0.5) is 0 Å². The highest BCUT2D eigenvalue weighted by molar-refractivity contribution is 8.01. The number of hydrogen-bond acceptors (Lipinski definition) is 10. The van der Waals surface area contributed by atoms with Gasteiger partial charge in [0.2, 0.25) is 0 Å². The Kier molecular flexibility index (Phi) is 5.66. The fourth-order valence-electron chi connectivity index (χ4n) is 3.02. The van der Waals surface area contributed by atoms with Crippen molar-refractivity contribution >= 4 is 52.6 Å². The van der Waals surface area contributed by atoms with Crippen molar-refractivity contribution in [3.8, 4) is 0 Å². The van der Waals surface area contributed by atoms with E-state index in [-0.39, 0.29) is 12.2 Å².